The van der Waals surface area contributed by atoms with E-state index in [2.05, 4.69) is 15.4 Å². The molecular weight excluding hydrogens is 380 g/mol. The van der Waals surface area contributed by atoms with Crippen molar-refractivity contribution in [3.63, 3.8) is 0 Å². The van der Waals surface area contributed by atoms with Gasteiger partial charge in [0.2, 0.25) is 11.8 Å². The molecule has 0 aliphatic carbocycles. The van der Waals surface area contributed by atoms with Crippen molar-refractivity contribution in [2.24, 2.45) is 0 Å². The van der Waals surface area contributed by atoms with Crippen LogP contribution in [0.4, 0.5) is 5.95 Å². The first-order valence-electron chi connectivity index (χ1n) is 9.39. The number of anilines is 1. The van der Waals surface area contributed by atoms with Crippen molar-refractivity contribution in [3.8, 4) is 17.3 Å². The summed E-state index contributed by atoms with van der Waals surface area (Å²) in [5.74, 6) is 1.48. The number of benzene rings is 2. The van der Waals surface area contributed by atoms with Crippen LogP contribution in [0.15, 0.2) is 83.5 Å². The molecule has 2 aromatic carbocycles. The third-order valence-electron chi connectivity index (χ3n) is 4.40. The minimum atomic E-state index is -0.346. The van der Waals surface area contributed by atoms with E-state index < -0.39 is 0 Å². The fraction of sp³-hybridized carbons (Fsp3) is 0.0870. The lowest BCUT2D eigenvalue weighted by Gasteiger charge is -2.06. The highest BCUT2D eigenvalue weighted by atomic mass is 16.5. The Labute approximate surface area is 173 Å². The SMILES string of the molecule is COc1ccccc1C=CC(=O)n1nc(-c2ccco2)nc1NCc1ccccc1. The Bertz CT molecular complexity index is 1150. The Balaban J connectivity index is 1.61. The van der Waals surface area contributed by atoms with Gasteiger partial charge in [-0.2, -0.15) is 9.67 Å². The first-order valence-corrected chi connectivity index (χ1v) is 9.39. The highest BCUT2D eigenvalue weighted by Gasteiger charge is 2.17. The molecule has 7 heteroatoms. The van der Waals surface area contributed by atoms with Crippen molar-refractivity contribution in [2.45, 2.75) is 6.54 Å². The Morgan fingerprint density at radius 2 is 1.90 bits per heavy atom. The van der Waals surface area contributed by atoms with E-state index in [1.165, 1.54) is 17.0 Å². The number of rotatable bonds is 7. The third kappa shape index (κ3) is 4.30. The summed E-state index contributed by atoms with van der Waals surface area (Å²) < 4.78 is 11.9. The molecule has 4 rings (SSSR count). The maximum atomic E-state index is 12.9. The molecule has 0 aliphatic heterocycles. The standard InChI is InChI=1S/C23H20N4O3/c1-29-19-11-6-5-10-18(19)13-14-21(28)27-23(24-16-17-8-3-2-4-9-17)25-22(26-27)20-12-7-15-30-20/h2-15H,16H2,1H3,(H,24,25,26). The van der Waals surface area contributed by atoms with Crippen LogP contribution < -0.4 is 10.1 Å². The van der Waals surface area contributed by atoms with Gasteiger partial charge in [0.25, 0.3) is 5.91 Å². The van der Waals surface area contributed by atoms with Crippen molar-refractivity contribution in [1.29, 1.82) is 0 Å². The van der Waals surface area contributed by atoms with Gasteiger partial charge in [-0.3, -0.25) is 4.79 Å². The minimum absolute atomic E-state index is 0.328. The zero-order valence-electron chi connectivity index (χ0n) is 16.4. The second-order valence-electron chi connectivity index (χ2n) is 6.40. The van der Waals surface area contributed by atoms with E-state index in [4.69, 9.17) is 9.15 Å². The molecule has 2 aromatic heterocycles. The first-order chi connectivity index (χ1) is 14.7. The number of carbonyl (C=O) groups is 1. The summed E-state index contributed by atoms with van der Waals surface area (Å²) in [6.07, 6.45) is 4.67. The average molecular weight is 400 g/mol. The number of allylic oxidation sites excluding steroid dienone is 1. The van der Waals surface area contributed by atoms with Crippen LogP contribution in [0.1, 0.15) is 15.9 Å². The van der Waals surface area contributed by atoms with Gasteiger partial charge in [-0.1, -0.05) is 48.5 Å². The van der Waals surface area contributed by atoms with Crippen LogP contribution in [0.3, 0.4) is 0 Å². The summed E-state index contributed by atoms with van der Waals surface area (Å²) in [6.45, 7) is 0.501. The van der Waals surface area contributed by atoms with Crippen molar-refractivity contribution in [2.75, 3.05) is 12.4 Å². The van der Waals surface area contributed by atoms with E-state index in [0.717, 1.165) is 11.1 Å². The van der Waals surface area contributed by atoms with E-state index in [1.807, 2.05) is 54.6 Å². The quantitative estimate of drug-likeness (QED) is 0.460. The molecule has 0 spiro atoms. The zero-order chi connectivity index (χ0) is 20.8. The monoisotopic (exact) mass is 400 g/mol. The van der Waals surface area contributed by atoms with Gasteiger partial charge in [0.15, 0.2) is 5.76 Å². The Kier molecular flexibility index (Phi) is 5.70. The molecule has 0 aliphatic rings. The van der Waals surface area contributed by atoms with E-state index in [1.54, 1.807) is 25.3 Å². The predicted molar refractivity (Wildman–Crippen MR) is 114 cm³/mol. The lowest BCUT2D eigenvalue weighted by Crippen LogP contribution is -2.14. The van der Waals surface area contributed by atoms with Gasteiger partial charge in [-0.25, -0.2) is 0 Å². The van der Waals surface area contributed by atoms with Crippen molar-refractivity contribution < 1.29 is 13.9 Å². The highest BCUT2D eigenvalue weighted by molar-refractivity contribution is 5.95. The van der Waals surface area contributed by atoms with Gasteiger partial charge in [-0.05, 0) is 29.8 Å². The van der Waals surface area contributed by atoms with E-state index in [0.29, 0.717) is 29.8 Å². The first kappa shape index (κ1) is 19.2. The molecule has 1 N–H and O–H groups in total. The summed E-state index contributed by atoms with van der Waals surface area (Å²) in [6, 6.07) is 20.8. The smallest absolute Gasteiger partial charge is 0.274 e. The van der Waals surface area contributed by atoms with E-state index in [-0.39, 0.29) is 5.91 Å². The molecule has 0 bridgehead atoms. The normalized spacial score (nSPS) is 11.0. The number of methoxy groups -OCH3 is 1. The predicted octanol–water partition coefficient (Wildman–Crippen LogP) is 4.51. The fourth-order valence-electron chi connectivity index (χ4n) is 2.90. The highest BCUT2D eigenvalue weighted by Crippen LogP contribution is 2.21. The number of aromatic nitrogens is 3. The van der Waals surface area contributed by atoms with Crippen LogP contribution in [0.5, 0.6) is 5.75 Å². The zero-order valence-corrected chi connectivity index (χ0v) is 16.4. The molecule has 0 saturated carbocycles. The van der Waals surface area contributed by atoms with Gasteiger partial charge >= 0.3 is 0 Å². The second-order valence-corrected chi connectivity index (χ2v) is 6.40. The summed E-state index contributed by atoms with van der Waals surface area (Å²) in [4.78, 5) is 17.3. The Hall–Kier alpha value is -4.13. The van der Waals surface area contributed by atoms with Gasteiger partial charge in [-0.15, -0.1) is 5.10 Å². The topological polar surface area (TPSA) is 82.2 Å². The maximum absolute atomic E-state index is 12.9. The van der Waals surface area contributed by atoms with Crippen LogP contribution in [0, 0.1) is 0 Å². The molecule has 0 amide bonds. The number of carbonyl (C=O) groups excluding carboxylic acids is 1. The summed E-state index contributed by atoms with van der Waals surface area (Å²) in [7, 11) is 1.59. The summed E-state index contributed by atoms with van der Waals surface area (Å²) in [5.41, 5.74) is 1.85. The van der Waals surface area contributed by atoms with Crippen molar-refractivity contribution in [3.05, 3.63) is 90.2 Å². The number of ether oxygens (including phenoxy) is 1. The number of hydrogen-bond acceptors (Lipinski definition) is 6. The molecule has 0 radical (unpaired) electrons. The second kappa shape index (κ2) is 8.91. The lowest BCUT2D eigenvalue weighted by molar-refractivity contribution is 0.0957. The molecule has 4 aromatic rings. The number of hydrogen-bond donors (Lipinski definition) is 1. The number of nitrogens with zero attached hydrogens (tertiary/aromatic N) is 3. The van der Waals surface area contributed by atoms with E-state index >= 15 is 0 Å². The largest absolute Gasteiger partial charge is 0.496 e. The average Bonchev–Trinajstić information content (AvgIpc) is 3.47. The molecule has 0 fully saturated rings. The molecule has 0 unspecified atom stereocenters. The van der Waals surface area contributed by atoms with Crippen molar-refractivity contribution >= 4 is 17.9 Å². The molecule has 150 valence electrons. The lowest BCUT2D eigenvalue weighted by atomic mass is 10.2. The number of furan rings is 1. The summed E-state index contributed by atoms with van der Waals surface area (Å²) in [5, 5.41) is 7.52. The maximum Gasteiger partial charge on any atom is 0.274 e. The van der Waals surface area contributed by atoms with Gasteiger partial charge < -0.3 is 14.5 Å². The summed E-state index contributed by atoms with van der Waals surface area (Å²) >= 11 is 0. The van der Waals surface area contributed by atoms with Crippen LogP contribution >= 0.6 is 0 Å². The number of nitrogens with one attached hydrogen (secondary N) is 1. The minimum Gasteiger partial charge on any atom is -0.496 e. The molecular formula is C23H20N4O3. The molecule has 0 saturated heterocycles. The van der Waals surface area contributed by atoms with Crippen LogP contribution in [0.2, 0.25) is 0 Å². The Morgan fingerprint density at radius 1 is 1.10 bits per heavy atom. The Morgan fingerprint density at radius 3 is 2.67 bits per heavy atom. The van der Waals surface area contributed by atoms with Crippen LogP contribution in [0.25, 0.3) is 17.7 Å². The van der Waals surface area contributed by atoms with Gasteiger partial charge in [0, 0.05) is 18.2 Å². The molecule has 2 heterocycles. The molecule has 0 atom stereocenters. The molecule has 30 heavy (non-hydrogen) atoms. The fourth-order valence-corrected chi connectivity index (χ4v) is 2.90. The van der Waals surface area contributed by atoms with Crippen LogP contribution in [-0.4, -0.2) is 27.8 Å². The number of para-hydroxylation sites is 1. The van der Waals surface area contributed by atoms with Gasteiger partial charge in [0.1, 0.15) is 5.75 Å². The molecule has 7 nitrogen and oxygen atoms in total. The van der Waals surface area contributed by atoms with Crippen molar-refractivity contribution in [1.82, 2.24) is 14.8 Å². The van der Waals surface area contributed by atoms with Gasteiger partial charge in [0.05, 0.1) is 13.4 Å². The third-order valence-corrected chi connectivity index (χ3v) is 4.40. The van der Waals surface area contributed by atoms with Crippen LogP contribution in [-0.2, 0) is 6.54 Å². The van der Waals surface area contributed by atoms with E-state index in [9.17, 15) is 4.79 Å².